The minimum absolute atomic E-state index is 0.241. The summed E-state index contributed by atoms with van der Waals surface area (Å²) < 4.78 is 35.0. The lowest BCUT2D eigenvalue weighted by Crippen LogP contribution is -2.49. The zero-order valence-electron chi connectivity index (χ0n) is 20.3. The monoisotopic (exact) mass is 550 g/mol. The van der Waals surface area contributed by atoms with Crippen molar-refractivity contribution in [3.8, 4) is 11.4 Å². The topological polar surface area (TPSA) is 84.7 Å². The Morgan fingerprint density at radius 1 is 1.03 bits per heavy atom. The number of hydrogen-bond acceptors (Lipinski definition) is 7. The van der Waals surface area contributed by atoms with E-state index in [-0.39, 0.29) is 11.3 Å². The zero-order valence-corrected chi connectivity index (χ0v) is 22.7. The minimum atomic E-state index is -3.51. The van der Waals surface area contributed by atoms with E-state index in [1.165, 1.54) is 26.7 Å². The van der Waals surface area contributed by atoms with Gasteiger partial charge in [0.05, 0.1) is 18.5 Å². The van der Waals surface area contributed by atoms with E-state index in [0.717, 1.165) is 25.7 Å². The molecule has 0 saturated carbocycles. The Morgan fingerprint density at radius 3 is 2.42 bits per heavy atom. The van der Waals surface area contributed by atoms with Crippen molar-refractivity contribution in [3.63, 3.8) is 0 Å². The first-order valence-electron chi connectivity index (χ1n) is 12.2. The summed E-state index contributed by atoms with van der Waals surface area (Å²) in [7, 11) is -3.51. The molecule has 0 spiro atoms. The Morgan fingerprint density at radius 2 is 1.75 bits per heavy atom. The van der Waals surface area contributed by atoms with Gasteiger partial charge in [-0.3, -0.25) is 4.79 Å². The average Bonchev–Trinajstić information content (AvgIpc) is 3.44. The van der Waals surface area contributed by atoms with Crippen LogP contribution in [0.25, 0.3) is 5.69 Å². The number of unbranched alkanes of at least 4 members (excludes halogenated alkanes) is 4. The molecule has 1 fully saturated rings. The lowest BCUT2D eigenvalue weighted by atomic mass is 10.2. The van der Waals surface area contributed by atoms with Crippen LogP contribution >= 0.6 is 22.9 Å². The van der Waals surface area contributed by atoms with Crippen LogP contribution in [0.5, 0.6) is 5.75 Å². The van der Waals surface area contributed by atoms with Gasteiger partial charge < -0.3 is 9.64 Å². The van der Waals surface area contributed by atoms with Crippen LogP contribution in [0, 0.1) is 0 Å². The predicted octanol–water partition coefficient (Wildman–Crippen LogP) is 4.81. The molecule has 11 heteroatoms. The summed E-state index contributed by atoms with van der Waals surface area (Å²) in [6, 6.07) is 10.2. The molecule has 1 aliphatic heterocycles. The fraction of sp³-hybridized carbons (Fsp3) is 0.440. The minimum Gasteiger partial charge on any atom is -0.486 e. The van der Waals surface area contributed by atoms with Crippen LogP contribution in [0.2, 0.25) is 5.02 Å². The molecule has 1 aromatic carbocycles. The molecule has 8 nitrogen and oxygen atoms in total. The molecule has 1 saturated heterocycles. The van der Waals surface area contributed by atoms with E-state index in [2.05, 4.69) is 12.0 Å². The Bertz CT molecular complexity index is 1290. The number of hydrogen-bond donors (Lipinski definition) is 0. The Balaban J connectivity index is 1.54. The smallest absolute Gasteiger partial charge is 0.316 e. The maximum atomic E-state index is 13.5. The number of ether oxygens (including phenoxy) is 1. The molecular weight excluding hydrogens is 520 g/mol. The van der Waals surface area contributed by atoms with Gasteiger partial charge in [-0.25, -0.2) is 8.42 Å². The third kappa shape index (κ3) is 6.11. The molecule has 2 aromatic heterocycles. The van der Waals surface area contributed by atoms with E-state index >= 15 is 0 Å². The number of aromatic nitrogens is 2. The Labute approximate surface area is 221 Å². The zero-order chi connectivity index (χ0) is 25.5. The van der Waals surface area contributed by atoms with E-state index in [1.54, 1.807) is 48.0 Å². The fourth-order valence-electron chi connectivity index (χ4n) is 4.14. The first-order chi connectivity index (χ1) is 17.4. The van der Waals surface area contributed by atoms with Crippen LogP contribution < -0.4 is 15.2 Å². The summed E-state index contributed by atoms with van der Waals surface area (Å²) >= 11 is 7.22. The number of rotatable bonds is 11. The molecule has 0 unspecified atom stereocenters. The molecule has 0 aliphatic carbocycles. The van der Waals surface area contributed by atoms with E-state index in [1.807, 2.05) is 4.90 Å². The van der Waals surface area contributed by atoms with E-state index < -0.39 is 10.0 Å². The molecule has 36 heavy (non-hydrogen) atoms. The van der Waals surface area contributed by atoms with Crippen LogP contribution in [0.4, 0.5) is 5.69 Å². The molecule has 3 aromatic rings. The van der Waals surface area contributed by atoms with Crippen molar-refractivity contribution in [2.45, 2.75) is 43.2 Å². The highest BCUT2D eigenvalue weighted by Gasteiger charge is 2.31. The van der Waals surface area contributed by atoms with Gasteiger partial charge in [-0.05, 0) is 42.1 Å². The summed E-state index contributed by atoms with van der Waals surface area (Å²) in [4.78, 5) is 15.5. The standard InChI is InChI=1S/C25H31ClN4O4S2/c1-2-3-4-5-6-17-34-24-22(19-27-30(25(24)31)21-11-9-20(26)10-12-21)28-13-15-29(16-14-28)36(32,33)23-8-7-18-35-23/h7-12,18-19H,2-6,13-17H2,1H3. The van der Waals surface area contributed by atoms with Gasteiger partial charge in [0, 0.05) is 31.2 Å². The second-order valence-corrected chi connectivity index (χ2v) is 12.2. The maximum Gasteiger partial charge on any atom is 0.316 e. The molecule has 0 radical (unpaired) electrons. The number of benzene rings is 1. The Kier molecular flexibility index (Phi) is 9.05. The summed E-state index contributed by atoms with van der Waals surface area (Å²) in [6.45, 7) is 4.11. The number of nitrogens with zero attached hydrogens (tertiary/aromatic N) is 4. The third-order valence-corrected chi connectivity index (χ3v) is 9.67. The highest BCUT2D eigenvalue weighted by molar-refractivity contribution is 7.91. The van der Waals surface area contributed by atoms with Gasteiger partial charge in [0.1, 0.15) is 9.90 Å². The van der Waals surface area contributed by atoms with Crippen LogP contribution in [0.3, 0.4) is 0 Å². The largest absolute Gasteiger partial charge is 0.486 e. The quantitative estimate of drug-likeness (QED) is 0.319. The van der Waals surface area contributed by atoms with Crippen molar-refractivity contribution in [2.24, 2.45) is 0 Å². The van der Waals surface area contributed by atoms with Gasteiger partial charge in [0.25, 0.3) is 10.0 Å². The SMILES string of the molecule is CCCCCCCOc1c(N2CCN(S(=O)(=O)c3cccs3)CC2)cnn(-c2ccc(Cl)cc2)c1=O. The molecule has 0 atom stereocenters. The number of piperazine rings is 1. The highest BCUT2D eigenvalue weighted by Crippen LogP contribution is 2.28. The molecular formula is C25H31ClN4O4S2. The van der Waals surface area contributed by atoms with Crippen molar-refractivity contribution in [3.05, 3.63) is 63.4 Å². The number of sulfonamides is 1. The van der Waals surface area contributed by atoms with Crippen molar-refractivity contribution in [1.29, 1.82) is 0 Å². The fourth-order valence-corrected chi connectivity index (χ4v) is 6.84. The molecule has 3 heterocycles. The first kappa shape index (κ1) is 26.7. The summed E-state index contributed by atoms with van der Waals surface area (Å²) in [5.41, 5.74) is 0.833. The van der Waals surface area contributed by atoms with Crippen LogP contribution in [0.15, 0.2) is 57.0 Å². The van der Waals surface area contributed by atoms with Crippen LogP contribution in [-0.2, 0) is 10.0 Å². The number of halogens is 1. The first-order valence-corrected chi connectivity index (χ1v) is 14.9. The van der Waals surface area contributed by atoms with Gasteiger partial charge in [-0.15, -0.1) is 11.3 Å². The van der Waals surface area contributed by atoms with Gasteiger partial charge in [-0.1, -0.05) is 50.3 Å². The molecule has 4 rings (SSSR count). The van der Waals surface area contributed by atoms with Gasteiger partial charge >= 0.3 is 5.56 Å². The molecule has 194 valence electrons. The van der Waals surface area contributed by atoms with Crippen molar-refractivity contribution in [2.75, 3.05) is 37.7 Å². The summed E-state index contributed by atoms with van der Waals surface area (Å²) in [6.07, 6.45) is 7.01. The van der Waals surface area contributed by atoms with Crippen molar-refractivity contribution >= 4 is 38.6 Å². The highest BCUT2D eigenvalue weighted by atomic mass is 35.5. The average molecular weight is 551 g/mol. The molecule has 0 N–H and O–H groups in total. The lowest BCUT2D eigenvalue weighted by molar-refractivity contribution is 0.297. The van der Waals surface area contributed by atoms with Crippen molar-refractivity contribution < 1.29 is 13.2 Å². The molecule has 1 aliphatic rings. The van der Waals surface area contributed by atoms with E-state index in [4.69, 9.17) is 16.3 Å². The second kappa shape index (κ2) is 12.2. The summed E-state index contributed by atoms with van der Waals surface area (Å²) in [5, 5.41) is 6.73. The predicted molar refractivity (Wildman–Crippen MR) is 144 cm³/mol. The van der Waals surface area contributed by atoms with Gasteiger partial charge in [0.15, 0.2) is 0 Å². The van der Waals surface area contributed by atoms with Crippen LogP contribution in [-0.4, -0.2) is 55.3 Å². The summed E-state index contributed by atoms with van der Waals surface area (Å²) in [5.74, 6) is 0.241. The molecule has 0 bridgehead atoms. The number of thiophene rings is 1. The van der Waals surface area contributed by atoms with E-state index in [9.17, 15) is 13.2 Å². The van der Waals surface area contributed by atoms with Gasteiger partial charge in [-0.2, -0.15) is 14.1 Å². The Hall–Kier alpha value is -2.40. The third-order valence-electron chi connectivity index (χ3n) is 6.15. The second-order valence-electron chi connectivity index (χ2n) is 8.64. The van der Waals surface area contributed by atoms with E-state index in [0.29, 0.717) is 53.4 Å². The van der Waals surface area contributed by atoms with Crippen LogP contribution in [0.1, 0.15) is 39.0 Å². The van der Waals surface area contributed by atoms with Gasteiger partial charge in [0.2, 0.25) is 5.75 Å². The maximum absolute atomic E-state index is 13.5. The normalized spacial score (nSPS) is 14.8. The lowest BCUT2D eigenvalue weighted by Gasteiger charge is -2.35. The number of anilines is 1. The van der Waals surface area contributed by atoms with Crippen molar-refractivity contribution in [1.82, 2.24) is 14.1 Å². The molecule has 0 amide bonds.